The normalized spacial score (nSPS) is 10.8. The smallest absolute Gasteiger partial charge is 0.166 e. The highest BCUT2D eigenvalue weighted by molar-refractivity contribution is 7.17. The summed E-state index contributed by atoms with van der Waals surface area (Å²) in [6.45, 7) is 1.72. The third-order valence-corrected chi connectivity index (χ3v) is 2.80. The largest absolute Gasteiger partial charge is 0.505 e. The summed E-state index contributed by atoms with van der Waals surface area (Å²) < 4.78 is 13.8. The summed E-state index contributed by atoms with van der Waals surface area (Å²) in [5.41, 5.74) is 0.617. The average Bonchev–Trinajstić information content (AvgIpc) is 2.48. The molecule has 0 radical (unpaired) electrons. The molecule has 1 heterocycles. The van der Waals surface area contributed by atoms with E-state index in [-0.39, 0.29) is 5.75 Å². The number of phenols is 1. The monoisotopic (exact) mass is 182 g/mol. The van der Waals surface area contributed by atoms with Crippen LogP contribution in [0, 0.1) is 12.7 Å². The number of fused-ring (bicyclic) bond motifs is 1. The maximum absolute atomic E-state index is 12.9. The lowest BCUT2D eigenvalue weighted by Gasteiger charge is -2.00. The van der Waals surface area contributed by atoms with Crippen LogP contribution in [0.25, 0.3) is 10.1 Å². The molecule has 1 aromatic carbocycles. The lowest BCUT2D eigenvalue weighted by Crippen LogP contribution is -1.80. The van der Waals surface area contributed by atoms with Gasteiger partial charge >= 0.3 is 0 Å². The quantitative estimate of drug-likeness (QED) is 0.663. The van der Waals surface area contributed by atoms with Crippen molar-refractivity contribution in [2.45, 2.75) is 6.92 Å². The molecule has 0 aliphatic carbocycles. The van der Waals surface area contributed by atoms with E-state index in [1.807, 2.05) is 11.4 Å². The molecule has 1 aromatic heterocycles. The Bertz CT molecular complexity index is 433. The Morgan fingerprint density at radius 1 is 1.50 bits per heavy atom. The van der Waals surface area contributed by atoms with Crippen molar-refractivity contribution >= 4 is 21.4 Å². The second-order valence-electron chi connectivity index (χ2n) is 2.66. The number of hydrogen-bond donors (Lipinski definition) is 1. The van der Waals surface area contributed by atoms with Crippen molar-refractivity contribution in [2.75, 3.05) is 0 Å². The van der Waals surface area contributed by atoms with Crippen LogP contribution in [0.2, 0.25) is 0 Å². The Balaban J connectivity index is 2.94. The molecule has 1 N–H and O–H groups in total. The first-order chi connectivity index (χ1) is 5.70. The molecular weight excluding hydrogens is 175 g/mol. The molecule has 0 aliphatic heterocycles. The Morgan fingerprint density at radius 2 is 2.25 bits per heavy atom. The Kier molecular flexibility index (Phi) is 1.54. The Labute approximate surface area is 73.1 Å². The van der Waals surface area contributed by atoms with Crippen LogP contribution in [0.3, 0.4) is 0 Å². The van der Waals surface area contributed by atoms with Crippen molar-refractivity contribution in [1.82, 2.24) is 0 Å². The summed E-state index contributed by atoms with van der Waals surface area (Å²) in [5, 5.41) is 12.1. The van der Waals surface area contributed by atoms with Crippen molar-refractivity contribution < 1.29 is 9.50 Å². The molecule has 0 saturated heterocycles. The summed E-state index contributed by atoms with van der Waals surface area (Å²) in [5.74, 6) is -0.775. The van der Waals surface area contributed by atoms with E-state index in [1.165, 1.54) is 17.4 Å². The minimum atomic E-state index is -0.539. The molecule has 2 aromatic rings. The molecule has 0 unspecified atom stereocenters. The first kappa shape index (κ1) is 7.55. The van der Waals surface area contributed by atoms with E-state index >= 15 is 0 Å². The third kappa shape index (κ3) is 0.898. The molecule has 0 saturated carbocycles. The maximum Gasteiger partial charge on any atom is 0.166 e. The molecule has 12 heavy (non-hydrogen) atoms. The number of hydrogen-bond acceptors (Lipinski definition) is 2. The van der Waals surface area contributed by atoms with Crippen LogP contribution in [-0.4, -0.2) is 5.11 Å². The van der Waals surface area contributed by atoms with E-state index < -0.39 is 5.82 Å². The number of aromatic hydroxyl groups is 1. The molecule has 0 spiro atoms. The summed E-state index contributed by atoms with van der Waals surface area (Å²) in [7, 11) is 0. The van der Waals surface area contributed by atoms with Gasteiger partial charge in [0.15, 0.2) is 11.6 Å². The number of halogens is 1. The van der Waals surface area contributed by atoms with Crippen molar-refractivity contribution in [3.8, 4) is 5.75 Å². The van der Waals surface area contributed by atoms with Gasteiger partial charge in [-0.25, -0.2) is 4.39 Å². The lowest BCUT2D eigenvalue weighted by molar-refractivity contribution is 0.430. The predicted octanol–water partition coefficient (Wildman–Crippen LogP) is 3.05. The molecule has 62 valence electrons. The number of phenolic OH excluding ortho intramolecular Hbond substituents is 1. The van der Waals surface area contributed by atoms with Gasteiger partial charge in [0.2, 0.25) is 0 Å². The molecule has 1 nitrogen and oxygen atoms in total. The molecular formula is C9H7FOS. The molecule has 0 aliphatic rings. The fourth-order valence-corrected chi connectivity index (χ4v) is 2.10. The zero-order valence-electron chi connectivity index (χ0n) is 6.47. The fraction of sp³-hybridized carbons (Fsp3) is 0.111. The molecule has 0 atom stereocenters. The van der Waals surface area contributed by atoms with Crippen molar-refractivity contribution in [1.29, 1.82) is 0 Å². The molecule has 0 fully saturated rings. The zero-order chi connectivity index (χ0) is 8.72. The third-order valence-electron chi connectivity index (χ3n) is 1.94. The summed E-state index contributed by atoms with van der Waals surface area (Å²) in [4.78, 5) is 0. The predicted molar refractivity (Wildman–Crippen MR) is 48.2 cm³/mol. The molecule has 2 rings (SSSR count). The average molecular weight is 182 g/mol. The number of aryl methyl sites for hydroxylation is 1. The van der Waals surface area contributed by atoms with Crippen LogP contribution in [-0.2, 0) is 0 Å². The molecule has 0 bridgehead atoms. The van der Waals surface area contributed by atoms with E-state index in [9.17, 15) is 9.50 Å². The van der Waals surface area contributed by atoms with Crippen LogP contribution in [0.4, 0.5) is 4.39 Å². The molecule has 0 amide bonds. The molecule has 3 heteroatoms. The van der Waals surface area contributed by atoms with Gasteiger partial charge in [-0.2, -0.15) is 0 Å². The fourth-order valence-electron chi connectivity index (χ4n) is 1.23. The summed E-state index contributed by atoms with van der Waals surface area (Å²) in [6, 6.07) is 3.25. The van der Waals surface area contributed by atoms with E-state index in [1.54, 1.807) is 6.92 Å². The van der Waals surface area contributed by atoms with Crippen LogP contribution >= 0.6 is 11.3 Å². The van der Waals surface area contributed by atoms with Gasteiger partial charge in [0.1, 0.15) is 0 Å². The first-order valence-electron chi connectivity index (χ1n) is 3.55. The Morgan fingerprint density at radius 3 is 3.00 bits per heavy atom. The highest BCUT2D eigenvalue weighted by Crippen LogP contribution is 2.32. The van der Waals surface area contributed by atoms with E-state index in [0.29, 0.717) is 5.56 Å². The van der Waals surface area contributed by atoms with Crippen LogP contribution in [0.1, 0.15) is 5.56 Å². The topological polar surface area (TPSA) is 20.2 Å². The number of benzene rings is 1. The van der Waals surface area contributed by atoms with Gasteiger partial charge in [-0.3, -0.25) is 0 Å². The zero-order valence-corrected chi connectivity index (χ0v) is 7.28. The second kappa shape index (κ2) is 2.45. The van der Waals surface area contributed by atoms with Gasteiger partial charge in [-0.1, -0.05) is 0 Å². The summed E-state index contributed by atoms with van der Waals surface area (Å²) in [6.07, 6.45) is 0. The van der Waals surface area contributed by atoms with Gasteiger partial charge in [0, 0.05) is 10.3 Å². The SMILES string of the molecule is Cc1c(O)c(F)cc2sccc12. The van der Waals surface area contributed by atoms with Crippen LogP contribution < -0.4 is 0 Å². The minimum Gasteiger partial charge on any atom is -0.505 e. The number of rotatable bonds is 0. The van der Waals surface area contributed by atoms with Crippen molar-refractivity contribution in [3.05, 3.63) is 28.9 Å². The van der Waals surface area contributed by atoms with Crippen LogP contribution in [0.5, 0.6) is 5.75 Å². The first-order valence-corrected chi connectivity index (χ1v) is 4.43. The standard InChI is InChI=1S/C9H7FOS/c1-5-6-2-3-12-8(6)4-7(10)9(5)11/h2-4,11H,1H3. The summed E-state index contributed by atoms with van der Waals surface area (Å²) >= 11 is 1.47. The van der Waals surface area contributed by atoms with E-state index in [0.717, 1.165) is 10.1 Å². The van der Waals surface area contributed by atoms with Crippen molar-refractivity contribution in [3.63, 3.8) is 0 Å². The lowest BCUT2D eigenvalue weighted by atomic mass is 10.1. The maximum atomic E-state index is 12.9. The second-order valence-corrected chi connectivity index (χ2v) is 3.61. The van der Waals surface area contributed by atoms with E-state index in [4.69, 9.17) is 0 Å². The van der Waals surface area contributed by atoms with Crippen molar-refractivity contribution in [2.24, 2.45) is 0 Å². The van der Waals surface area contributed by atoms with Gasteiger partial charge in [-0.15, -0.1) is 11.3 Å². The van der Waals surface area contributed by atoms with Gasteiger partial charge in [-0.05, 0) is 29.8 Å². The Hall–Kier alpha value is -1.09. The minimum absolute atomic E-state index is 0.235. The van der Waals surface area contributed by atoms with E-state index in [2.05, 4.69) is 0 Å². The van der Waals surface area contributed by atoms with Gasteiger partial charge < -0.3 is 5.11 Å². The van der Waals surface area contributed by atoms with Crippen LogP contribution in [0.15, 0.2) is 17.5 Å². The number of thiophene rings is 1. The highest BCUT2D eigenvalue weighted by Gasteiger charge is 2.08. The van der Waals surface area contributed by atoms with Gasteiger partial charge in [0.05, 0.1) is 0 Å². The highest BCUT2D eigenvalue weighted by atomic mass is 32.1. The van der Waals surface area contributed by atoms with Gasteiger partial charge in [0.25, 0.3) is 0 Å².